The second-order valence-corrected chi connectivity index (χ2v) is 3.42. The Balaban J connectivity index is 2.92. The predicted molar refractivity (Wildman–Crippen MR) is 62.2 cm³/mol. The highest BCUT2D eigenvalue weighted by Crippen LogP contribution is 2.19. The van der Waals surface area contributed by atoms with Gasteiger partial charge in [0.05, 0.1) is 0 Å². The van der Waals surface area contributed by atoms with Gasteiger partial charge in [-0.15, -0.1) is 0 Å². The second kappa shape index (κ2) is 4.61. The Labute approximate surface area is 85.2 Å². The first-order valence-electron chi connectivity index (χ1n) is 4.65. The summed E-state index contributed by atoms with van der Waals surface area (Å²) in [5.41, 5.74) is 4.92. The topological polar surface area (TPSA) is 35.9 Å². The van der Waals surface area contributed by atoms with Crippen molar-refractivity contribution in [1.82, 2.24) is 0 Å². The highest BCUT2D eigenvalue weighted by molar-refractivity contribution is 5.69. The molecule has 0 saturated heterocycles. The van der Waals surface area contributed by atoms with Gasteiger partial charge >= 0.3 is 0 Å². The first-order valence-corrected chi connectivity index (χ1v) is 4.65. The van der Waals surface area contributed by atoms with Crippen LogP contribution in [0.25, 0.3) is 0 Å². The van der Waals surface area contributed by atoms with Crippen molar-refractivity contribution in [3.63, 3.8) is 0 Å². The Bertz CT molecular complexity index is 365. The highest BCUT2D eigenvalue weighted by atomic mass is 14.8. The van der Waals surface area contributed by atoms with Gasteiger partial charge in [0, 0.05) is 18.1 Å². The van der Waals surface area contributed by atoms with Crippen LogP contribution in [0.5, 0.6) is 0 Å². The van der Waals surface area contributed by atoms with E-state index in [2.05, 4.69) is 38.2 Å². The van der Waals surface area contributed by atoms with E-state index in [4.69, 9.17) is 5.41 Å². The van der Waals surface area contributed by atoms with Gasteiger partial charge < -0.3 is 10.7 Å². The monoisotopic (exact) mass is 188 g/mol. The Morgan fingerprint density at radius 2 is 1.71 bits per heavy atom. The predicted octanol–water partition coefficient (Wildman–Crippen LogP) is 3.19. The smallest absolute Gasteiger partial charge is 0.0412 e. The highest BCUT2D eigenvalue weighted by Gasteiger charge is 1.99. The van der Waals surface area contributed by atoms with E-state index in [-0.39, 0.29) is 0 Å². The number of allylic oxidation sites excluding steroid dienone is 1. The molecule has 0 fully saturated rings. The van der Waals surface area contributed by atoms with Crippen LogP contribution in [0.1, 0.15) is 16.7 Å². The summed E-state index contributed by atoms with van der Waals surface area (Å²) in [7, 11) is 0. The van der Waals surface area contributed by atoms with Crippen LogP contribution in [0.2, 0.25) is 0 Å². The molecule has 1 rings (SSSR count). The molecule has 0 atom stereocenters. The van der Waals surface area contributed by atoms with E-state index < -0.39 is 0 Å². The van der Waals surface area contributed by atoms with E-state index in [0.717, 1.165) is 5.69 Å². The van der Waals surface area contributed by atoms with Gasteiger partial charge in [-0.1, -0.05) is 6.07 Å². The summed E-state index contributed by atoms with van der Waals surface area (Å²) in [4.78, 5) is 0. The number of benzene rings is 1. The van der Waals surface area contributed by atoms with Crippen LogP contribution in [0.4, 0.5) is 5.69 Å². The zero-order valence-corrected chi connectivity index (χ0v) is 8.89. The van der Waals surface area contributed by atoms with Crippen LogP contribution in [0.3, 0.4) is 0 Å². The minimum Gasteiger partial charge on any atom is -0.361 e. The van der Waals surface area contributed by atoms with E-state index >= 15 is 0 Å². The van der Waals surface area contributed by atoms with Gasteiger partial charge in [0.1, 0.15) is 0 Å². The lowest BCUT2D eigenvalue weighted by molar-refractivity contribution is 1.29. The van der Waals surface area contributed by atoms with E-state index in [1.54, 1.807) is 12.3 Å². The van der Waals surface area contributed by atoms with Crippen molar-refractivity contribution < 1.29 is 0 Å². The van der Waals surface area contributed by atoms with Crippen molar-refractivity contribution in [2.45, 2.75) is 20.8 Å². The quantitative estimate of drug-likeness (QED) is 0.702. The number of hydrogen-bond acceptors (Lipinski definition) is 2. The summed E-state index contributed by atoms with van der Waals surface area (Å²) in [6, 6.07) is 4.29. The Hall–Kier alpha value is -1.57. The van der Waals surface area contributed by atoms with Crippen LogP contribution >= 0.6 is 0 Å². The lowest BCUT2D eigenvalue weighted by Crippen LogP contribution is -1.93. The van der Waals surface area contributed by atoms with Crippen LogP contribution < -0.4 is 5.32 Å². The van der Waals surface area contributed by atoms with Gasteiger partial charge in [-0.2, -0.15) is 0 Å². The lowest BCUT2D eigenvalue weighted by Gasteiger charge is -2.09. The van der Waals surface area contributed by atoms with Crippen molar-refractivity contribution >= 4 is 11.9 Å². The van der Waals surface area contributed by atoms with Gasteiger partial charge in [-0.25, -0.2) is 0 Å². The molecular weight excluding hydrogens is 172 g/mol. The fraction of sp³-hybridized carbons (Fsp3) is 0.250. The summed E-state index contributed by atoms with van der Waals surface area (Å²) >= 11 is 0. The molecule has 14 heavy (non-hydrogen) atoms. The second-order valence-electron chi connectivity index (χ2n) is 3.42. The molecule has 0 aliphatic carbocycles. The van der Waals surface area contributed by atoms with Crippen LogP contribution in [0.15, 0.2) is 24.4 Å². The molecule has 0 saturated carbocycles. The van der Waals surface area contributed by atoms with Crippen LogP contribution in [-0.4, -0.2) is 6.21 Å². The molecule has 0 heterocycles. The van der Waals surface area contributed by atoms with Crippen molar-refractivity contribution in [1.29, 1.82) is 5.41 Å². The average molecular weight is 188 g/mol. The van der Waals surface area contributed by atoms with E-state index in [9.17, 15) is 0 Å². The molecule has 0 spiro atoms. The van der Waals surface area contributed by atoms with Gasteiger partial charge in [0.15, 0.2) is 0 Å². The SMILES string of the molecule is Cc1cc(C)c(N/C=C\C=N)cc1C. The number of rotatable bonds is 3. The maximum Gasteiger partial charge on any atom is 0.0412 e. The number of hydrogen-bond donors (Lipinski definition) is 2. The Morgan fingerprint density at radius 3 is 2.36 bits per heavy atom. The fourth-order valence-corrected chi connectivity index (χ4v) is 1.30. The van der Waals surface area contributed by atoms with Gasteiger partial charge in [0.2, 0.25) is 0 Å². The third-order valence-corrected chi connectivity index (χ3v) is 2.27. The molecule has 2 nitrogen and oxygen atoms in total. The fourth-order valence-electron chi connectivity index (χ4n) is 1.30. The first-order chi connectivity index (χ1) is 6.65. The minimum absolute atomic E-state index is 1.10. The van der Waals surface area contributed by atoms with Crippen molar-refractivity contribution in [3.8, 4) is 0 Å². The van der Waals surface area contributed by atoms with Crippen molar-refractivity contribution in [3.05, 3.63) is 41.1 Å². The average Bonchev–Trinajstić information content (AvgIpc) is 2.14. The molecule has 0 aromatic heterocycles. The summed E-state index contributed by atoms with van der Waals surface area (Å²) < 4.78 is 0. The zero-order chi connectivity index (χ0) is 10.6. The maximum absolute atomic E-state index is 6.85. The molecule has 0 unspecified atom stereocenters. The third-order valence-electron chi connectivity index (χ3n) is 2.27. The summed E-state index contributed by atoms with van der Waals surface area (Å²) in [5, 5.41) is 10.00. The Morgan fingerprint density at radius 1 is 1.07 bits per heavy atom. The van der Waals surface area contributed by atoms with E-state index in [1.165, 1.54) is 22.9 Å². The number of nitrogens with one attached hydrogen (secondary N) is 2. The number of aryl methyl sites for hydroxylation is 3. The Kier molecular flexibility index (Phi) is 3.46. The maximum atomic E-state index is 6.85. The molecule has 1 aromatic rings. The normalized spacial score (nSPS) is 10.5. The van der Waals surface area contributed by atoms with Gasteiger partial charge in [0.25, 0.3) is 0 Å². The standard InChI is InChI=1S/C12H16N2/c1-9-7-11(3)12(8-10(9)2)14-6-4-5-13/h4-8,13-14H,1-3H3/b6-4-,13-5?. The molecule has 0 radical (unpaired) electrons. The van der Waals surface area contributed by atoms with Crippen molar-refractivity contribution in [2.75, 3.05) is 5.32 Å². The largest absolute Gasteiger partial charge is 0.361 e. The molecule has 0 aliphatic heterocycles. The summed E-state index contributed by atoms with van der Waals surface area (Å²) in [6.07, 6.45) is 4.68. The minimum atomic E-state index is 1.10. The van der Waals surface area contributed by atoms with Gasteiger partial charge in [-0.05, 0) is 49.6 Å². The van der Waals surface area contributed by atoms with Crippen LogP contribution in [0, 0.1) is 26.2 Å². The third kappa shape index (κ3) is 2.46. The first kappa shape index (κ1) is 10.5. The van der Waals surface area contributed by atoms with E-state index in [0.29, 0.717) is 0 Å². The van der Waals surface area contributed by atoms with Gasteiger partial charge in [-0.3, -0.25) is 0 Å². The summed E-state index contributed by atoms with van der Waals surface area (Å²) in [5.74, 6) is 0. The molecule has 1 aromatic carbocycles. The molecule has 0 aliphatic rings. The van der Waals surface area contributed by atoms with Crippen LogP contribution in [-0.2, 0) is 0 Å². The number of anilines is 1. The molecule has 2 heteroatoms. The molecule has 0 bridgehead atoms. The zero-order valence-electron chi connectivity index (χ0n) is 8.89. The molecular formula is C12H16N2. The van der Waals surface area contributed by atoms with Crippen molar-refractivity contribution in [2.24, 2.45) is 0 Å². The van der Waals surface area contributed by atoms with E-state index in [1.807, 2.05) is 0 Å². The summed E-state index contributed by atoms with van der Waals surface area (Å²) in [6.45, 7) is 6.28. The molecule has 74 valence electrons. The molecule has 0 amide bonds. The molecule has 2 N–H and O–H groups in total. The lowest BCUT2D eigenvalue weighted by atomic mass is 10.1.